The van der Waals surface area contributed by atoms with E-state index in [9.17, 15) is 4.79 Å². The molecule has 0 saturated heterocycles. The van der Waals surface area contributed by atoms with Gasteiger partial charge in [-0.3, -0.25) is 4.98 Å². The number of nitrogens with zero attached hydrogens (tertiary/aromatic N) is 1. The second-order valence-electron chi connectivity index (χ2n) is 5.32. The van der Waals surface area contributed by atoms with Crippen LogP contribution in [0, 0.1) is 6.92 Å². The first-order chi connectivity index (χ1) is 11.0. The van der Waals surface area contributed by atoms with E-state index in [1.807, 2.05) is 19.9 Å². The maximum absolute atomic E-state index is 12.3. The third-order valence-electron chi connectivity index (χ3n) is 3.90. The van der Waals surface area contributed by atoms with Crippen molar-refractivity contribution in [3.8, 4) is 5.75 Å². The number of fused-ring (bicyclic) bond motifs is 3. The summed E-state index contributed by atoms with van der Waals surface area (Å²) in [7, 11) is 2.99. The van der Waals surface area contributed by atoms with Crippen LogP contribution in [0.1, 0.15) is 28.7 Å². The minimum atomic E-state index is -0.390. The van der Waals surface area contributed by atoms with Gasteiger partial charge in [-0.1, -0.05) is 6.92 Å². The van der Waals surface area contributed by atoms with Crippen LogP contribution < -0.4 is 4.74 Å². The third-order valence-corrected chi connectivity index (χ3v) is 4.68. The van der Waals surface area contributed by atoms with Gasteiger partial charge in [0.1, 0.15) is 0 Å². The summed E-state index contributed by atoms with van der Waals surface area (Å²) >= 11 is 3.61. The lowest BCUT2D eigenvalue weighted by atomic mass is 10.0. The molecule has 0 saturated carbocycles. The standard InChI is InChI=1S/C17H17BrN2O3/c1-5-9-7-11-13(18)16(22-3)15-12(14(11)20-9)10(17(21)23-4)6-8(2)19-15/h6-7,19H,5H2,1-4H3. The second kappa shape index (κ2) is 5.85. The van der Waals surface area contributed by atoms with Crippen LogP contribution in [0.2, 0.25) is 0 Å². The fourth-order valence-electron chi connectivity index (χ4n) is 2.84. The number of esters is 1. The Labute approximate surface area is 142 Å². The number of carbonyl (C=O) groups is 1. The van der Waals surface area contributed by atoms with Gasteiger partial charge >= 0.3 is 5.97 Å². The predicted molar refractivity (Wildman–Crippen MR) is 93.3 cm³/mol. The molecule has 1 N–H and O–H groups in total. The minimum Gasteiger partial charge on any atom is -0.493 e. The molecule has 6 heteroatoms. The molecule has 0 atom stereocenters. The van der Waals surface area contributed by atoms with E-state index in [4.69, 9.17) is 9.47 Å². The van der Waals surface area contributed by atoms with Crippen molar-refractivity contribution >= 4 is 43.7 Å². The molecule has 3 aromatic rings. The zero-order valence-corrected chi connectivity index (χ0v) is 15.0. The fraction of sp³-hybridized carbons (Fsp3) is 0.294. The molecular weight excluding hydrogens is 360 g/mol. The summed E-state index contributed by atoms with van der Waals surface area (Å²) in [6, 6.07) is 3.80. The lowest BCUT2D eigenvalue weighted by molar-refractivity contribution is 0.0603. The number of hydrogen-bond donors (Lipinski definition) is 1. The number of methoxy groups -OCH3 is 2. The Morgan fingerprint density at radius 3 is 2.70 bits per heavy atom. The number of carbonyl (C=O) groups excluding carboxylic acids is 1. The summed E-state index contributed by atoms with van der Waals surface area (Å²) in [5.74, 6) is 0.259. The Morgan fingerprint density at radius 2 is 2.09 bits per heavy atom. The van der Waals surface area contributed by atoms with Crippen molar-refractivity contribution in [2.75, 3.05) is 14.2 Å². The summed E-state index contributed by atoms with van der Waals surface area (Å²) in [4.78, 5) is 20.2. The van der Waals surface area contributed by atoms with Gasteiger partial charge in [-0.2, -0.15) is 0 Å². The zero-order valence-electron chi connectivity index (χ0n) is 13.4. The highest BCUT2D eigenvalue weighted by atomic mass is 79.9. The van der Waals surface area contributed by atoms with E-state index in [1.165, 1.54) is 7.11 Å². The number of halogens is 1. The number of rotatable bonds is 3. The molecule has 5 nitrogen and oxygen atoms in total. The topological polar surface area (TPSA) is 64.2 Å². The molecule has 1 aromatic carbocycles. The van der Waals surface area contributed by atoms with E-state index in [0.29, 0.717) is 11.3 Å². The van der Waals surface area contributed by atoms with E-state index < -0.39 is 0 Å². The van der Waals surface area contributed by atoms with Gasteiger partial charge in [0.2, 0.25) is 0 Å². The maximum atomic E-state index is 12.3. The predicted octanol–water partition coefficient (Wildman–Crippen LogP) is 4.14. The van der Waals surface area contributed by atoms with Crippen LogP contribution in [0.5, 0.6) is 5.75 Å². The van der Waals surface area contributed by atoms with E-state index in [2.05, 4.69) is 25.9 Å². The van der Waals surface area contributed by atoms with Crippen LogP contribution in [0.4, 0.5) is 0 Å². The van der Waals surface area contributed by atoms with Crippen LogP contribution >= 0.6 is 15.9 Å². The Hall–Kier alpha value is -2.08. The van der Waals surface area contributed by atoms with E-state index in [-0.39, 0.29) is 5.97 Å². The SMILES string of the molecule is CCc1cc2c(Br)c(OC)c3[nH]c(C)cc(C(=O)OC)c3c2n1. The lowest BCUT2D eigenvalue weighted by Gasteiger charge is -2.13. The van der Waals surface area contributed by atoms with Crippen LogP contribution in [0.3, 0.4) is 0 Å². The highest BCUT2D eigenvalue weighted by molar-refractivity contribution is 9.10. The number of aromatic amines is 1. The van der Waals surface area contributed by atoms with Crippen molar-refractivity contribution in [2.24, 2.45) is 0 Å². The second-order valence-corrected chi connectivity index (χ2v) is 6.11. The molecule has 0 aliphatic heterocycles. The van der Waals surface area contributed by atoms with Gasteiger partial charge in [0.05, 0.1) is 35.3 Å². The van der Waals surface area contributed by atoms with Gasteiger partial charge in [-0.05, 0) is 41.4 Å². The molecule has 2 aromatic heterocycles. The molecule has 0 unspecified atom stereocenters. The largest absolute Gasteiger partial charge is 0.493 e. The zero-order chi connectivity index (χ0) is 16.7. The van der Waals surface area contributed by atoms with Crippen LogP contribution in [-0.2, 0) is 11.2 Å². The molecular formula is C17H17BrN2O3. The van der Waals surface area contributed by atoms with Gasteiger partial charge in [-0.25, -0.2) is 4.79 Å². The van der Waals surface area contributed by atoms with Gasteiger partial charge in [0, 0.05) is 22.2 Å². The normalized spacial score (nSPS) is 11.2. The number of ether oxygens (including phenoxy) is 2. The Bertz CT molecular complexity index is 931. The molecule has 0 bridgehead atoms. The Morgan fingerprint density at radius 1 is 1.35 bits per heavy atom. The van der Waals surface area contributed by atoms with Crippen LogP contribution in [0.15, 0.2) is 16.6 Å². The summed E-state index contributed by atoms with van der Waals surface area (Å²) in [6.45, 7) is 3.94. The summed E-state index contributed by atoms with van der Waals surface area (Å²) in [5.41, 5.74) is 3.78. The average Bonchev–Trinajstić information content (AvgIpc) is 2.98. The third kappa shape index (κ3) is 2.37. The molecule has 120 valence electrons. The quantitative estimate of drug-likeness (QED) is 0.697. The first-order valence-electron chi connectivity index (χ1n) is 7.28. The monoisotopic (exact) mass is 376 g/mol. The lowest BCUT2D eigenvalue weighted by Crippen LogP contribution is -2.05. The molecule has 0 radical (unpaired) electrons. The fourth-order valence-corrected chi connectivity index (χ4v) is 3.50. The number of aryl methyl sites for hydroxylation is 2. The number of nitrogens with one attached hydrogen (secondary N) is 1. The number of pyridine rings is 1. The molecule has 0 fully saturated rings. The first-order valence-corrected chi connectivity index (χ1v) is 8.07. The number of benzene rings is 1. The van der Waals surface area contributed by atoms with Gasteiger partial charge < -0.3 is 14.5 Å². The Kier molecular flexibility index (Phi) is 4.02. The van der Waals surface area contributed by atoms with E-state index in [0.717, 1.165) is 44.1 Å². The average molecular weight is 377 g/mol. The maximum Gasteiger partial charge on any atom is 0.338 e. The highest BCUT2D eigenvalue weighted by Crippen LogP contribution is 2.42. The van der Waals surface area contributed by atoms with Gasteiger partial charge in [0.25, 0.3) is 0 Å². The summed E-state index contributed by atoms with van der Waals surface area (Å²) in [5, 5.41) is 1.64. The Balaban J connectivity index is 2.59. The van der Waals surface area contributed by atoms with Crippen LogP contribution in [-0.4, -0.2) is 30.2 Å². The molecule has 0 aliphatic rings. The smallest absolute Gasteiger partial charge is 0.338 e. The first kappa shape index (κ1) is 15.8. The van der Waals surface area contributed by atoms with Crippen molar-refractivity contribution in [3.63, 3.8) is 0 Å². The van der Waals surface area contributed by atoms with Crippen molar-refractivity contribution in [1.29, 1.82) is 0 Å². The van der Waals surface area contributed by atoms with Crippen molar-refractivity contribution in [2.45, 2.75) is 20.3 Å². The van der Waals surface area contributed by atoms with Gasteiger partial charge in [0.15, 0.2) is 5.75 Å². The van der Waals surface area contributed by atoms with Gasteiger partial charge in [-0.15, -0.1) is 0 Å². The van der Waals surface area contributed by atoms with Crippen molar-refractivity contribution in [1.82, 2.24) is 9.97 Å². The highest BCUT2D eigenvalue weighted by Gasteiger charge is 2.22. The number of aromatic nitrogens is 2. The number of hydrogen-bond acceptors (Lipinski definition) is 4. The van der Waals surface area contributed by atoms with E-state index in [1.54, 1.807) is 13.2 Å². The molecule has 3 rings (SSSR count). The molecule has 2 heterocycles. The molecule has 23 heavy (non-hydrogen) atoms. The summed E-state index contributed by atoms with van der Waals surface area (Å²) < 4.78 is 11.4. The van der Waals surface area contributed by atoms with Crippen molar-refractivity contribution in [3.05, 3.63) is 33.6 Å². The molecule has 0 amide bonds. The summed E-state index contributed by atoms with van der Waals surface area (Å²) in [6.07, 6.45) is 0.814. The number of H-pyrrole nitrogens is 1. The molecule has 0 spiro atoms. The van der Waals surface area contributed by atoms with Crippen LogP contribution in [0.25, 0.3) is 21.8 Å². The molecule has 0 aliphatic carbocycles. The van der Waals surface area contributed by atoms with E-state index >= 15 is 0 Å². The van der Waals surface area contributed by atoms with Crippen molar-refractivity contribution < 1.29 is 14.3 Å². The minimum absolute atomic E-state index is 0.390.